The van der Waals surface area contributed by atoms with Crippen LogP contribution >= 0.6 is 11.8 Å². The van der Waals surface area contributed by atoms with Gasteiger partial charge in [0.2, 0.25) is 0 Å². The number of nitrogens with one attached hydrogen (secondary N) is 1. The number of rotatable bonds is 6. The van der Waals surface area contributed by atoms with E-state index >= 15 is 0 Å². The zero-order chi connectivity index (χ0) is 18.6. The van der Waals surface area contributed by atoms with Gasteiger partial charge in [-0.3, -0.25) is 4.57 Å². The molecule has 0 aliphatic heterocycles. The number of para-hydroxylation sites is 2. The molecular weight excluding hydrogens is 338 g/mol. The molecule has 25 heavy (non-hydrogen) atoms. The Morgan fingerprint density at radius 1 is 1.28 bits per heavy atom. The van der Waals surface area contributed by atoms with Crippen molar-refractivity contribution in [1.29, 1.82) is 0 Å². The van der Waals surface area contributed by atoms with Crippen LogP contribution in [-0.4, -0.2) is 39.0 Å². The number of hydrogen-bond donors (Lipinski definition) is 1. The van der Waals surface area contributed by atoms with Gasteiger partial charge in [-0.1, -0.05) is 39.8 Å². The lowest BCUT2D eigenvalue weighted by Gasteiger charge is -2.26. The number of benzene rings is 1. The van der Waals surface area contributed by atoms with Crippen molar-refractivity contribution in [2.24, 2.45) is 5.41 Å². The van der Waals surface area contributed by atoms with Crippen LogP contribution in [0.2, 0.25) is 0 Å². The van der Waals surface area contributed by atoms with Gasteiger partial charge in [0.15, 0.2) is 0 Å². The van der Waals surface area contributed by atoms with E-state index in [1.165, 1.54) is 0 Å². The van der Waals surface area contributed by atoms with E-state index in [9.17, 15) is 14.4 Å². The van der Waals surface area contributed by atoms with Crippen molar-refractivity contribution < 1.29 is 9.59 Å². The van der Waals surface area contributed by atoms with E-state index in [1.807, 2.05) is 32.9 Å². The van der Waals surface area contributed by atoms with Gasteiger partial charge in [-0.25, -0.2) is 14.2 Å². The summed E-state index contributed by atoms with van der Waals surface area (Å²) in [5, 5.41) is 2.67. The van der Waals surface area contributed by atoms with Crippen molar-refractivity contribution in [2.75, 3.05) is 11.5 Å². The Bertz CT molecular complexity index is 817. The Balaban J connectivity index is 2.44. The Labute approximate surface area is 151 Å². The Hall–Kier alpha value is -2.02. The first-order valence-electron chi connectivity index (χ1n) is 8.35. The summed E-state index contributed by atoms with van der Waals surface area (Å²) in [6.07, 6.45) is 0.708. The molecule has 0 aliphatic rings. The predicted octanol–water partition coefficient (Wildman–Crippen LogP) is 2.73. The molecule has 0 saturated heterocycles. The quantitative estimate of drug-likeness (QED) is 0.633. The number of thioether (sulfide) groups is 1. The van der Waals surface area contributed by atoms with E-state index in [0.717, 1.165) is 21.6 Å². The van der Waals surface area contributed by atoms with Gasteiger partial charge >= 0.3 is 11.7 Å². The highest BCUT2D eigenvalue weighted by Crippen LogP contribution is 2.18. The van der Waals surface area contributed by atoms with Crippen molar-refractivity contribution in [3.63, 3.8) is 0 Å². The molecule has 0 fully saturated rings. The third kappa shape index (κ3) is 4.15. The minimum Gasteiger partial charge on any atom is -0.327 e. The van der Waals surface area contributed by atoms with Gasteiger partial charge in [-0.15, -0.1) is 0 Å². The largest absolute Gasteiger partial charge is 0.337 e. The van der Waals surface area contributed by atoms with Gasteiger partial charge in [0.05, 0.1) is 17.1 Å². The number of aldehydes is 1. The molecular formula is C18H25N3O3S. The molecule has 1 aromatic carbocycles. The van der Waals surface area contributed by atoms with E-state index < -0.39 is 17.5 Å². The van der Waals surface area contributed by atoms with Gasteiger partial charge in [-0.05, 0) is 23.3 Å². The number of nitrogens with zero attached hydrogens (tertiary/aromatic N) is 2. The SMILES string of the molecule is CCSCCn1c(=O)n(C(=O)N[C@H](C=O)C(C)(C)C)c2ccccc21. The summed E-state index contributed by atoms with van der Waals surface area (Å²) < 4.78 is 2.73. The highest BCUT2D eigenvalue weighted by atomic mass is 32.2. The normalized spacial score (nSPS) is 13.0. The highest BCUT2D eigenvalue weighted by Gasteiger charge is 2.28. The van der Waals surface area contributed by atoms with Crippen LogP contribution in [0.5, 0.6) is 0 Å². The second-order valence-corrected chi connectivity index (χ2v) is 8.28. The Morgan fingerprint density at radius 3 is 2.48 bits per heavy atom. The smallest absolute Gasteiger partial charge is 0.327 e. The van der Waals surface area contributed by atoms with Gasteiger partial charge < -0.3 is 10.1 Å². The van der Waals surface area contributed by atoms with E-state index in [0.29, 0.717) is 18.3 Å². The maximum atomic E-state index is 12.8. The van der Waals surface area contributed by atoms with Gasteiger partial charge in [0.1, 0.15) is 6.29 Å². The first-order valence-corrected chi connectivity index (χ1v) is 9.51. The molecule has 0 saturated carbocycles. The minimum absolute atomic E-state index is 0.381. The van der Waals surface area contributed by atoms with E-state index in [4.69, 9.17) is 0 Å². The molecule has 0 spiro atoms. The summed E-state index contributed by atoms with van der Waals surface area (Å²) >= 11 is 1.74. The molecule has 6 nitrogen and oxygen atoms in total. The molecule has 0 unspecified atom stereocenters. The fourth-order valence-corrected chi connectivity index (χ4v) is 3.17. The lowest BCUT2D eigenvalue weighted by atomic mass is 9.88. The lowest BCUT2D eigenvalue weighted by molar-refractivity contribution is -0.111. The van der Waals surface area contributed by atoms with Gasteiger partial charge in [0.25, 0.3) is 0 Å². The summed E-state index contributed by atoms with van der Waals surface area (Å²) in [6.45, 7) is 8.19. The van der Waals surface area contributed by atoms with E-state index in [1.54, 1.807) is 28.5 Å². The fraction of sp³-hybridized carbons (Fsp3) is 0.500. The molecule has 1 heterocycles. The van der Waals surface area contributed by atoms with Crippen molar-refractivity contribution in [2.45, 2.75) is 40.3 Å². The van der Waals surface area contributed by atoms with E-state index in [-0.39, 0.29) is 5.69 Å². The van der Waals surface area contributed by atoms with Crippen LogP contribution in [0.25, 0.3) is 11.0 Å². The molecule has 1 N–H and O–H groups in total. The summed E-state index contributed by atoms with van der Waals surface area (Å²) in [4.78, 5) is 36.9. The van der Waals surface area contributed by atoms with Crippen LogP contribution in [0.3, 0.4) is 0 Å². The molecule has 1 atom stereocenters. The number of aryl methyl sites for hydroxylation is 1. The van der Waals surface area contributed by atoms with Crippen LogP contribution in [0.15, 0.2) is 29.1 Å². The summed E-state index contributed by atoms with van der Waals surface area (Å²) in [5.74, 6) is 1.77. The standard InChI is InChI=1S/C18H25N3O3S/c1-5-25-11-10-20-13-8-6-7-9-14(13)21(17(20)24)16(23)19-15(12-22)18(2,3)4/h6-9,12,15H,5,10-11H2,1-4H3,(H,19,23)/t15-/m1/s1. The topological polar surface area (TPSA) is 73.1 Å². The third-order valence-corrected chi connectivity index (χ3v) is 4.93. The van der Waals surface area contributed by atoms with Crippen LogP contribution in [0.1, 0.15) is 27.7 Å². The summed E-state index contributed by atoms with van der Waals surface area (Å²) in [7, 11) is 0. The number of hydrogen-bond acceptors (Lipinski definition) is 4. The number of carbonyl (C=O) groups excluding carboxylic acids is 2. The molecule has 1 amide bonds. The molecule has 2 aromatic rings. The first kappa shape index (κ1) is 19.3. The molecule has 0 radical (unpaired) electrons. The van der Waals surface area contributed by atoms with Crippen molar-refractivity contribution in [3.8, 4) is 0 Å². The van der Waals surface area contributed by atoms with Crippen molar-refractivity contribution in [1.82, 2.24) is 14.5 Å². The first-order chi connectivity index (χ1) is 11.8. The molecule has 2 rings (SSSR count). The number of fused-ring (bicyclic) bond motifs is 1. The van der Waals surface area contributed by atoms with Gasteiger partial charge in [-0.2, -0.15) is 11.8 Å². The average molecular weight is 363 g/mol. The highest BCUT2D eigenvalue weighted by molar-refractivity contribution is 7.99. The molecule has 136 valence electrons. The van der Waals surface area contributed by atoms with Crippen molar-refractivity contribution >= 4 is 35.1 Å². The van der Waals surface area contributed by atoms with Crippen LogP contribution in [-0.2, 0) is 11.3 Å². The number of aromatic nitrogens is 2. The third-order valence-electron chi connectivity index (χ3n) is 4.05. The molecule has 1 aromatic heterocycles. The number of amides is 1. The minimum atomic E-state index is -0.676. The second kappa shape index (κ2) is 7.91. The maximum Gasteiger partial charge on any atom is 0.337 e. The number of imidazole rings is 1. The Kier molecular flexibility index (Phi) is 6.11. The fourth-order valence-electron chi connectivity index (χ4n) is 2.57. The zero-order valence-corrected chi connectivity index (χ0v) is 15.9. The maximum absolute atomic E-state index is 12.8. The number of carbonyl (C=O) groups is 2. The molecule has 7 heteroatoms. The van der Waals surface area contributed by atoms with Crippen LogP contribution < -0.4 is 11.0 Å². The predicted molar refractivity (Wildman–Crippen MR) is 102 cm³/mol. The average Bonchev–Trinajstić information content (AvgIpc) is 2.84. The van der Waals surface area contributed by atoms with Gasteiger partial charge in [0, 0.05) is 12.3 Å². The van der Waals surface area contributed by atoms with Crippen LogP contribution in [0.4, 0.5) is 4.79 Å². The lowest BCUT2D eigenvalue weighted by Crippen LogP contribution is -2.48. The summed E-state index contributed by atoms with van der Waals surface area (Å²) in [6, 6.07) is 5.96. The zero-order valence-electron chi connectivity index (χ0n) is 15.1. The molecule has 0 aliphatic carbocycles. The Morgan fingerprint density at radius 2 is 1.92 bits per heavy atom. The van der Waals surface area contributed by atoms with Crippen LogP contribution in [0, 0.1) is 5.41 Å². The van der Waals surface area contributed by atoms with Crippen molar-refractivity contribution in [3.05, 3.63) is 34.7 Å². The summed E-state index contributed by atoms with van der Waals surface area (Å²) in [5.41, 5.74) is 0.453. The second-order valence-electron chi connectivity index (χ2n) is 6.88. The monoisotopic (exact) mass is 363 g/mol. The molecule has 0 bridgehead atoms. The van der Waals surface area contributed by atoms with E-state index in [2.05, 4.69) is 12.2 Å².